The number of rotatable bonds is 7. The Balaban J connectivity index is 1.78. The van der Waals surface area contributed by atoms with Gasteiger partial charge in [0.1, 0.15) is 0 Å². The largest absolute Gasteiger partial charge is 0.352 e. The van der Waals surface area contributed by atoms with Crippen molar-refractivity contribution in [2.75, 3.05) is 14.1 Å². The molecule has 2 amide bonds. The summed E-state index contributed by atoms with van der Waals surface area (Å²) >= 11 is 5.79. The smallest absolute Gasteiger partial charge is 0.253 e. The molecule has 0 aliphatic rings. The zero-order chi connectivity index (χ0) is 19.1. The second-order valence-electron chi connectivity index (χ2n) is 6.10. The molecule has 2 aromatic rings. The lowest BCUT2D eigenvalue weighted by molar-refractivity contribution is -0.121. The summed E-state index contributed by atoms with van der Waals surface area (Å²) in [6.45, 7) is 0.352. The van der Waals surface area contributed by atoms with Gasteiger partial charge in [-0.05, 0) is 42.0 Å². The van der Waals surface area contributed by atoms with Crippen LogP contribution in [0, 0.1) is 0 Å². The fraction of sp³-hybridized carbons (Fsp3) is 0.250. The molecule has 0 heterocycles. The lowest BCUT2D eigenvalue weighted by Gasteiger charge is -2.11. The summed E-state index contributed by atoms with van der Waals surface area (Å²) in [5.41, 5.74) is 2.03. The van der Waals surface area contributed by atoms with Gasteiger partial charge in [0, 0.05) is 49.6 Å². The van der Waals surface area contributed by atoms with Gasteiger partial charge in [-0.1, -0.05) is 23.7 Å². The lowest BCUT2D eigenvalue weighted by atomic mass is 10.1. The summed E-state index contributed by atoms with van der Waals surface area (Å²) in [6.07, 6.45) is 0.266. The lowest BCUT2D eigenvalue weighted by Crippen LogP contribution is -2.24. The number of hydrogen-bond donors (Lipinski definition) is 1. The molecular weight excluding hydrogens is 352 g/mol. The van der Waals surface area contributed by atoms with Gasteiger partial charge in [-0.3, -0.25) is 14.4 Å². The van der Waals surface area contributed by atoms with Crippen molar-refractivity contribution >= 4 is 29.2 Å². The quantitative estimate of drug-likeness (QED) is 0.758. The highest BCUT2D eigenvalue weighted by Gasteiger charge is 2.10. The number of ketones is 1. The van der Waals surface area contributed by atoms with E-state index >= 15 is 0 Å². The van der Waals surface area contributed by atoms with E-state index in [0.717, 1.165) is 5.56 Å². The molecule has 0 bridgehead atoms. The molecule has 2 rings (SSSR count). The summed E-state index contributed by atoms with van der Waals surface area (Å²) in [7, 11) is 3.39. The number of Topliss-reactive ketones (excluding diaryl/α,β-unsaturated/α-hetero) is 1. The first-order valence-corrected chi connectivity index (χ1v) is 8.60. The third-order valence-electron chi connectivity index (χ3n) is 3.84. The fourth-order valence-corrected chi connectivity index (χ4v) is 2.45. The number of hydrogen-bond acceptors (Lipinski definition) is 3. The Hall–Kier alpha value is -2.66. The number of nitrogens with one attached hydrogen (secondary N) is 1. The maximum Gasteiger partial charge on any atom is 0.253 e. The Morgan fingerprint density at radius 2 is 1.46 bits per heavy atom. The zero-order valence-corrected chi connectivity index (χ0v) is 15.5. The van der Waals surface area contributed by atoms with E-state index in [2.05, 4.69) is 5.32 Å². The van der Waals surface area contributed by atoms with Crippen molar-refractivity contribution in [2.45, 2.75) is 19.4 Å². The van der Waals surface area contributed by atoms with Gasteiger partial charge in [0.25, 0.3) is 5.91 Å². The summed E-state index contributed by atoms with van der Waals surface area (Å²) in [4.78, 5) is 37.3. The fourth-order valence-electron chi connectivity index (χ4n) is 2.32. The SMILES string of the molecule is CN(C)C(=O)c1ccc(CNC(=O)CCC(=O)c2ccc(Cl)cc2)cc1. The highest BCUT2D eigenvalue weighted by atomic mass is 35.5. The zero-order valence-electron chi connectivity index (χ0n) is 14.8. The van der Waals surface area contributed by atoms with Crippen molar-refractivity contribution in [1.82, 2.24) is 10.2 Å². The maximum atomic E-state index is 12.0. The molecule has 0 spiro atoms. The molecule has 0 aliphatic heterocycles. The van der Waals surface area contributed by atoms with Gasteiger partial charge in [-0.25, -0.2) is 0 Å². The standard InChI is InChI=1S/C20H21ClN2O3/c1-23(2)20(26)16-5-3-14(4-6-16)13-22-19(25)12-11-18(24)15-7-9-17(21)10-8-15/h3-10H,11-13H2,1-2H3,(H,22,25). The minimum Gasteiger partial charge on any atom is -0.352 e. The molecule has 0 atom stereocenters. The van der Waals surface area contributed by atoms with E-state index in [-0.39, 0.29) is 30.4 Å². The first-order valence-electron chi connectivity index (χ1n) is 8.23. The molecule has 2 aromatic carbocycles. The van der Waals surface area contributed by atoms with Gasteiger partial charge in [0.05, 0.1) is 0 Å². The summed E-state index contributed by atoms with van der Waals surface area (Å²) in [5.74, 6) is -0.356. The highest BCUT2D eigenvalue weighted by molar-refractivity contribution is 6.30. The van der Waals surface area contributed by atoms with Crippen molar-refractivity contribution in [2.24, 2.45) is 0 Å². The van der Waals surface area contributed by atoms with E-state index in [1.54, 1.807) is 62.6 Å². The molecule has 0 saturated heterocycles. The van der Waals surface area contributed by atoms with E-state index in [4.69, 9.17) is 11.6 Å². The maximum absolute atomic E-state index is 12.0. The van der Waals surface area contributed by atoms with Gasteiger partial charge in [-0.2, -0.15) is 0 Å². The minimum absolute atomic E-state index is 0.0682. The van der Waals surface area contributed by atoms with Crippen LogP contribution in [0.25, 0.3) is 0 Å². The molecule has 6 heteroatoms. The summed E-state index contributed by atoms with van der Waals surface area (Å²) in [6, 6.07) is 13.7. The van der Waals surface area contributed by atoms with E-state index in [9.17, 15) is 14.4 Å². The van der Waals surface area contributed by atoms with E-state index in [1.807, 2.05) is 0 Å². The Morgan fingerprint density at radius 1 is 0.885 bits per heavy atom. The van der Waals surface area contributed by atoms with Crippen LogP contribution < -0.4 is 5.32 Å². The van der Waals surface area contributed by atoms with Crippen molar-refractivity contribution in [3.63, 3.8) is 0 Å². The molecule has 0 fully saturated rings. The second kappa shape index (κ2) is 9.15. The van der Waals surface area contributed by atoms with Crippen LogP contribution in [0.1, 0.15) is 39.1 Å². The minimum atomic E-state index is -0.194. The van der Waals surface area contributed by atoms with Crippen LogP contribution in [-0.4, -0.2) is 36.6 Å². The van der Waals surface area contributed by atoms with Gasteiger partial charge >= 0.3 is 0 Å². The summed E-state index contributed by atoms with van der Waals surface area (Å²) < 4.78 is 0. The first-order chi connectivity index (χ1) is 12.4. The topological polar surface area (TPSA) is 66.5 Å². The normalized spacial score (nSPS) is 10.3. The number of amides is 2. The van der Waals surface area contributed by atoms with E-state index in [0.29, 0.717) is 22.7 Å². The van der Waals surface area contributed by atoms with Crippen molar-refractivity contribution < 1.29 is 14.4 Å². The van der Waals surface area contributed by atoms with Crippen LogP contribution in [0.5, 0.6) is 0 Å². The monoisotopic (exact) mass is 372 g/mol. The Morgan fingerprint density at radius 3 is 2.04 bits per heavy atom. The third-order valence-corrected chi connectivity index (χ3v) is 4.09. The van der Waals surface area contributed by atoms with Crippen LogP contribution in [0.15, 0.2) is 48.5 Å². The second-order valence-corrected chi connectivity index (χ2v) is 6.54. The van der Waals surface area contributed by atoms with Crippen LogP contribution in [-0.2, 0) is 11.3 Å². The average molecular weight is 373 g/mol. The Bertz CT molecular complexity index is 784. The first kappa shape index (κ1) is 19.7. The van der Waals surface area contributed by atoms with Crippen LogP contribution in [0.2, 0.25) is 5.02 Å². The van der Waals surface area contributed by atoms with Crippen molar-refractivity contribution in [3.8, 4) is 0 Å². The molecule has 0 aromatic heterocycles. The van der Waals surface area contributed by atoms with E-state index in [1.165, 1.54) is 4.90 Å². The van der Waals surface area contributed by atoms with E-state index < -0.39 is 0 Å². The Kier molecular flexibility index (Phi) is 6.92. The number of benzene rings is 2. The average Bonchev–Trinajstić information content (AvgIpc) is 2.64. The molecule has 136 valence electrons. The van der Waals surface area contributed by atoms with Gasteiger partial charge in [-0.15, -0.1) is 0 Å². The van der Waals surface area contributed by atoms with Crippen molar-refractivity contribution in [1.29, 1.82) is 0 Å². The molecule has 1 N–H and O–H groups in total. The highest BCUT2D eigenvalue weighted by Crippen LogP contribution is 2.12. The van der Waals surface area contributed by atoms with Crippen LogP contribution in [0.4, 0.5) is 0 Å². The molecular formula is C20H21ClN2O3. The third kappa shape index (κ3) is 5.70. The number of halogens is 1. The predicted molar refractivity (Wildman–Crippen MR) is 101 cm³/mol. The molecule has 5 nitrogen and oxygen atoms in total. The summed E-state index contributed by atoms with van der Waals surface area (Å²) in [5, 5.41) is 3.35. The van der Waals surface area contributed by atoms with Gasteiger partial charge < -0.3 is 10.2 Å². The molecule has 0 aliphatic carbocycles. The molecule has 26 heavy (non-hydrogen) atoms. The Labute approximate surface area is 158 Å². The predicted octanol–water partition coefficient (Wildman–Crippen LogP) is 3.32. The van der Waals surface area contributed by atoms with Gasteiger partial charge in [0.15, 0.2) is 5.78 Å². The van der Waals surface area contributed by atoms with Crippen LogP contribution >= 0.6 is 11.6 Å². The number of nitrogens with zero attached hydrogens (tertiary/aromatic N) is 1. The number of carbonyl (C=O) groups is 3. The van der Waals surface area contributed by atoms with Crippen LogP contribution in [0.3, 0.4) is 0 Å². The molecule has 0 saturated carbocycles. The van der Waals surface area contributed by atoms with Gasteiger partial charge in [0.2, 0.25) is 5.91 Å². The molecule has 0 radical (unpaired) electrons. The number of carbonyl (C=O) groups excluding carboxylic acids is 3. The molecule has 0 unspecified atom stereocenters. The van der Waals surface area contributed by atoms with Crippen molar-refractivity contribution in [3.05, 3.63) is 70.2 Å².